The topological polar surface area (TPSA) is 43.4 Å². The standard InChI is InChI=1S/C17H22N2O2/c1-3-12-20-15-8-10-16(11-9-15)21-13-14-6-5-7-17(19-14)18-4-2/h5-11H,3-4,12-13H2,1-2H3,(H,18,19). The maximum Gasteiger partial charge on any atom is 0.130 e. The minimum Gasteiger partial charge on any atom is -0.494 e. The Morgan fingerprint density at radius 2 is 1.67 bits per heavy atom. The van der Waals surface area contributed by atoms with Crippen molar-refractivity contribution in [2.45, 2.75) is 26.9 Å². The number of nitrogens with zero attached hydrogens (tertiary/aromatic N) is 1. The summed E-state index contributed by atoms with van der Waals surface area (Å²) >= 11 is 0. The van der Waals surface area contributed by atoms with E-state index in [1.807, 2.05) is 49.4 Å². The van der Waals surface area contributed by atoms with Gasteiger partial charge in [-0.25, -0.2) is 4.98 Å². The molecule has 1 heterocycles. The highest BCUT2D eigenvalue weighted by Gasteiger charge is 2.00. The van der Waals surface area contributed by atoms with Crippen LogP contribution in [-0.2, 0) is 6.61 Å². The Balaban J connectivity index is 1.88. The molecule has 0 saturated heterocycles. The molecule has 1 aromatic carbocycles. The Morgan fingerprint density at radius 1 is 0.952 bits per heavy atom. The van der Waals surface area contributed by atoms with Gasteiger partial charge in [0.2, 0.25) is 0 Å². The van der Waals surface area contributed by atoms with Crippen LogP contribution in [0.2, 0.25) is 0 Å². The summed E-state index contributed by atoms with van der Waals surface area (Å²) in [7, 11) is 0. The number of hydrogen-bond acceptors (Lipinski definition) is 4. The van der Waals surface area contributed by atoms with Crippen LogP contribution in [0.5, 0.6) is 11.5 Å². The number of nitrogens with one attached hydrogen (secondary N) is 1. The van der Waals surface area contributed by atoms with Gasteiger partial charge in [-0.1, -0.05) is 13.0 Å². The first-order valence-corrected chi connectivity index (χ1v) is 7.37. The van der Waals surface area contributed by atoms with E-state index in [-0.39, 0.29) is 0 Å². The summed E-state index contributed by atoms with van der Waals surface area (Å²) in [6.07, 6.45) is 1.01. The van der Waals surface area contributed by atoms with E-state index in [1.165, 1.54) is 0 Å². The summed E-state index contributed by atoms with van der Waals surface area (Å²) in [5.74, 6) is 2.56. The smallest absolute Gasteiger partial charge is 0.130 e. The van der Waals surface area contributed by atoms with Gasteiger partial charge in [-0.3, -0.25) is 0 Å². The lowest BCUT2D eigenvalue weighted by atomic mass is 10.3. The van der Waals surface area contributed by atoms with E-state index in [4.69, 9.17) is 9.47 Å². The van der Waals surface area contributed by atoms with Gasteiger partial charge in [-0.2, -0.15) is 0 Å². The summed E-state index contributed by atoms with van der Waals surface area (Å²) in [5.41, 5.74) is 0.903. The van der Waals surface area contributed by atoms with E-state index in [2.05, 4.69) is 17.2 Å². The molecule has 21 heavy (non-hydrogen) atoms. The van der Waals surface area contributed by atoms with Crippen molar-refractivity contribution in [1.82, 2.24) is 4.98 Å². The zero-order valence-corrected chi connectivity index (χ0v) is 12.6. The SMILES string of the molecule is CCCOc1ccc(OCc2cccc(NCC)n2)cc1. The molecule has 0 fully saturated rings. The molecular weight excluding hydrogens is 264 g/mol. The lowest BCUT2D eigenvalue weighted by Gasteiger charge is -2.09. The molecular formula is C17H22N2O2. The summed E-state index contributed by atoms with van der Waals surface area (Å²) < 4.78 is 11.3. The van der Waals surface area contributed by atoms with Crippen LogP contribution in [0.15, 0.2) is 42.5 Å². The average Bonchev–Trinajstić information content (AvgIpc) is 2.53. The second kappa shape index (κ2) is 8.15. The van der Waals surface area contributed by atoms with Crippen LogP contribution >= 0.6 is 0 Å². The minimum atomic E-state index is 0.453. The first-order chi connectivity index (χ1) is 10.3. The van der Waals surface area contributed by atoms with Crippen LogP contribution in [0.1, 0.15) is 26.0 Å². The molecule has 0 aliphatic heterocycles. The molecule has 0 aliphatic carbocycles. The number of ether oxygens (including phenoxy) is 2. The predicted molar refractivity (Wildman–Crippen MR) is 85.0 cm³/mol. The molecule has 2 rings (SSSR count). The van der Waals surface area contributed by atoms with Crippen molar-refractivity contribution in [3.63, 3.8) is 0 Å². The Morgan fingerprint density at radius 3 is 2.33 bits per heavy atom. The quantitative estimate of drug-likeness (QED) is 0.799. The first-order valence-electron chi connectivity index (χ1n) is 7.37. The zero-order chi connectivity index (χ0) is 14.9. The monoisotopic (exact) mass is 286 g/mol. The van der Waals surface area contributed by atoms with Gasteiger partial charge in [-0.05, 0) is 49.7 Å². The maximum atomic E-state index is 5.74. The van der Waals surface area contributed by atoms with Gasteiger partial charge < -0.3 is 14.8 Å². The molecule has 0 bridgehead atoms. The molecule has 2 aromatic rings. The lowest BCUT2D eigenvalue weighted by Crippen LogP contribution is -2.03. The lowest BCUT2D eigenvalue weighted by molar-refractivity contribution is 0.297. The maximum absolute atomic E-state index is 5.74. The van der Waals surface area contributed by atoms with E-state index in [0.717, 1.165) is 42.6 Å². The van der Waals surface area contributed by atoms with E-state index in [0.29, 0.717) is 6.61 Å². The molecule has 0 unspecified atom stereocenters. The van der Waals surface area contributed by atoms with Crippen LogP contribution in [-0.4, -0.2) is 18.1 Å². The van der Waals surface area contributed by atoms with Gasteiger partial charge in [0.1, 0.15) is 23.9 Å². The Labute approximate surface area is 126 Å². The molecule has 0 amide bonds. The molecule has 0 aliphatic rings. The average molecular weight is 286 g/mol. The zero-order valence-electron chi connectivity index (χ0n) is 12.6. The second-order valence-corrected chi connectivity index (χ2v) is 4.65. The van der Waals surface area contributed by atoms with Gasteiger partial charge in [-0.15, -0.1) is 0 Å². The van der Waals surface area contributed by atoms with E-state index in [1.54, 1.807) is 0 Å². The summed E-state index contributed by atoms with van der Waals surface area (Å²) in [4.78, 5) is 4.47. The van der Waals surface area contributed by atoms with Crippen LogP contribution in [0.3, 0.4) is 0 Å². The van der Waals surface area contributed by atoms with Crippen molar-refractivity contribution in [3.8, 4) is 11.5 Å². The molecule has 4 nitrogen and oxygen atoms in total. The molecule has 0 saturated carbocycles. The van der Waals surface area contributed by atoms with Crippen molar-refractivity contribution in [1.29, 1.82) is 0 Å². The first kappa shape index (κ1) is 15.2. The fourth-order valence-electron chi connectivity index (χ4n) is 1.85. The van der Waals surface area contributed by atoms with Crippen LogP contribution in [0.4, 0.5) is 5.82 Å². The molecule has 4 heteroatoms. The van der Waals surface area contributed by atoms with Gasteiger partial charge in [0.15, 0.2) is 0 Å². The molecule has 1 N–H and O–H groups in total. The summed E-state index contributed by atoms with van der Waals surface area (Å²) in [6.45, 7) is 6.19. The molecule has 0 spiro atoms. The highest BCUT2D eigenvalue weighted by atomic mass is 16.5. The van der Waals surface area contributed by atoms with Crippen molar-refractivity contribution in [3.05, 3.63) is 48.2 Å². The fourth-order valence-corrected chi connectivity index (χ4v) is 1.85. The highest BCUT2D eigenvalue weighted by molar-refractivity contribution is 5.35. The molecule has 0 radical (unpaired) electrons. The van der Waals surface area contributed by atoms with Crippen molar-refractivity contribution in [2.24, 2.45) is 0 Å². The van der Waals surface area contributed by atoms with Gasteiger partial charge >= 0.3 is 0 Å². The van der Waals surface area contributed by atoms with E-state index < -0.39 is 0 Å². The van der Waals surface area contributed by atoms with Crippen LogP contribution < -0.4 is 14.8 Å². The van der Waals surface area contributed by atoms with E-state index in [9.17, 15) is 0 Å². The number of anilines is 1. The van der Waals surface area contributed by atoms with Gasteiger partial charge in [0.05, 0.1) is 12.3 Å². The fraction of sp³-hybridized carbons (Fsp3) is 0.353. The largest absolute Gasteiger partial charge is 0.494 e. The number of benzene rings is 1. The Kier molecular flexibility index (Phi) is 5.88. The normalized spacial score (nSPS) is 10.2. The Bertz CT molecular complexity index is 541. The summed E-state index contributed by atoms with van der Waals surface area (Å²) in [5, 5.41) is 3.19. The highest BCUT2D eigenvalue weighted by Crippen LogP contribution is 2.18. The minimum absolute atomic E-state index is 0.453. The van der Waals surface area contributed by atoms with Crippen molar-refractivity contribution in [2.75, 3.05) is 18.5 Å². The predicted octanol–water partition coefficient (Wildman–Crippen LogP) is 3.88. The van der Waals surface area contributed by atoms with Crippen molar-refractivity contribution >= 4 is 5.82 Å². The molecule has 112 valence electrons. The van der Waals surface area contributed by atoms with E-state index >= 15 is 0 Å². The van der Waals surface area contributed by atoms with Gasteiger partial charge in [0, 0.05) is 6.54 Å². The summed E-state index contributed by atoms with van der Waals surface area (Å²) in [6, 6.07) is 13.6. The third-order valence-corrected chi connectivity index (χ3v) is 2.85. The number of aromatic nitrogens is 1. The van der Waals surface area contributed by atoms with Crippen molar-refractivity contribution < 1.29 is 9.47 Å². The number of hydrogen-bond donors (Lipinski definition) is 1. The Hall–Kier alpha value is -2.23. The number of rotatable bonds is 8. The van der Waals surface area contributed by atoms with Gasteiger partial charge in [0.25, 0.3) is 0 Å². The number of pyridine rings is 1. The second-order valence-electron chi connectivity index (χ2n) is 4.65. The van der Waals surface area contributed by atoms with Crippen LogP contribution in [0, 0.1) is 0 Å². The molecule has 0 atom stereocenters. The van der Waals surface area contributed by atoms with Crippen LogP contribution in [0.25, 0.3) is 0 Å². The molecule has 1 aromatic heterocycles. The third-order valence-electron chi connectivity index (χ3n) is 2.85. The third kappa shape index (κ3) is 4.99.